The highest BCUT2D eigenvalue weighted by atomic mass is 16.6. The summed E-state index contributed by atoms with van der Waals surface area (Å²) in [7, 11) is 0. The molecule has 0 bridgehead atoms. The van der Waals surface area contributed by atoms with Crippen molar-refractivity contribution in [1.82, 2.24) is 10.2 Å². The van der Waals surface area contributed by atoms with Gasteiger partial charge >= 0.3 is 12.1 Å². The maximum atomic E-state index is 12.6. The third-order valence-corrected chi connectivity index (χ3v) is 5.44. The molecule has 7 nitrogen and oxygen atoms in total. The average molecular weight is 405 g/mol. The zero-order valence-corrected chi connectivity index (χ0v) is 17.5. The number of rotatable bonds is 8. The summed E-state index contributed by atoms with van der Waals surface area (Å²) in [6.45, 7) is 6.38. The first-order valence-electron chi connectivity index (χ1n) is 10.2. The van der Waals surface area contributed by atoms with Crippen molar-refractivity contribution in [3.8, 4) is 0 Å². The van der Waals surface area contributed by atoms with Crippen LogP contribution in [0.4, 0.5) is 4.79 Å². The number of nitrogens with zero attached hydrogens (tertiary/aromatic N) is 1. The Kier molecular flexibility index (Phi) is 8.05. The minimum atomic E-state index is -1.07. The van der Waals surface area contributed by atoms with E-state index in [-0.39, 0.29) is 11.8 Å². The number of carbonyl (C=O) groups is 3. The fourth-order valence-electron chi connectivity index (χ4n) is 3.71. The lowest BCUT2D eigenvalue weighted by Gasteiger charge is -2.41. The molecular weight excluding hydrogens is 372 g/mol. The van der Waals surface area contributed by atoms with Crippen molar-refractivity contribution in [2.45, 2.75) is 64.5 Å². The largest absolute Gasteiger partial charge is 0.480 e. The summed E-state index contributed by atoms with van der Waals surface area (Å²) < 4.78 is 5.84. The van der Waals surface area contributed by atoms with Crippen molar-refractivity contribution in [3.63, 3.8) is 0 Å². The lowest BCUT2D eigenvalue weighted by molar-refractivity contribution is -0.140. The number of hydrogen-bond donors (Lipinski definition) is 2. The second-order valence-corrected chi connectivity index (χ2v) is 8.23. The molecule has 1 aromatic carbocycles. The van der Waals surface area contributed by atoms with Crippen LogP contribution in [0.15, 0.2) is 30.3 Å². The first-order valence-corrected chi connectivity index (χ1v) is 10.2. The molecule has 2 amide bonds. The van der Waals surface area contributed by atoms with E-state index < -0.39 is 23.7 Å². The molecule has 29 heavy (non-hydrogen) atoms. The number of benzene rings is 1. The van der Waals surface area contributed by atoms with E-state index in [9.17, 15) is 19.5 Å². The molecule has 2 rings (SSSR count). The number of ether oxygens (including phenoxy) is 1. The Hall–Kier alpha value is -2.57. The van der Waals surface area contributed by atoms with Gasteiger partial charge in [0.1, 0.15) is 11.6 Å². The van der Waals surface area contributed by atoms with Crippen LogP contribution in [0.1, 0.15) is 52.0 Å². The highest BCUT2D eigenvalue weighted by molar-refractivity contribution is 5.80. The van der Waals surface area contributed by atoms with E-state index in [1.165, 1.54) is 6.92 Å². The van der Waals surface area contributed by atoms with Crippen LogP contribution >= 0.6 is 0 Å². The summed E-state index contributed by atoms with van der Waals surface area (Å²) in [6.07, 6.45) is 2.06. The van der Waals surface area contributed by atoms with Crippen LogP contribution < -0.4 is 5.32 Å². The number of piperidine rings is 1. The van der Waals surface area contributed by atoms with Gasteiger partial charge in [0.05, 0.1) is 0 Å². The van der Waals surface area contributed by atoms with Gasteiger partial charge in [-0.15, -0.1) is 0 Å². The van der Waals surface area contributed by atoms with Crippen LogP contribution in [0.5, 0.6) is 0 Å². The average Bonchev–Trinajstić information content (AvgIpc) is 2.66. The molecule has 1 fully saturated rings. The Morgan fingerprint density at radius 3 is 2.31 bits per heavy atom. The first kappa shape index (κ1) is 22.7. The van der Waals surface area contributed by atoms with E-state index in [1.54, 1.807) is 4.90 Å². The van der Waals surface area contributed by atoms with Crippen LogP contribution in [0.2, 0.25) is 0 Å². The molecule has 0 aliphatic carbocycles. The number of alkyl carbamates (subject to hydrolysis) is 1. The van der Waals surface area contributed by atoms with E-state index in [1.807, 2.05) is 44.2 Å². The first-order chi connectivity index (χ1) is 13.7. The van der Waals surface area contributed by atoms with Crippen molar-refractivity contribution < 1.29 is 24.2 Å². The Bertz CT molecular complexity index is 696. The van der Waals surface area contributed by atoms with Gasteiger partial charge < -0.3 is 20.1 Å². The van der Waals surface area contributed by atoms with Crippen molar-refractivity contribution in [1.29, 1.82) is 0 Å². The van der Waals surface area contributed by atoms with E-state index in [0.717, 1.165) is 12.0 Å². The van der Waals surface area contributed by atoms with Gasteiger partial charge in [-0.1, -0.05) is 44.2 Å². The van der Waals surface area contributed by atoms with Crippen LogP contribution in [0, 0.1) is 5.92 Å². The third-order valence-electron chi connectivity index (χ3n) is 5.44. The number of nitrogens with one attached hydrogen (secondary N) is 1. The zero-order chi connectivity index (χ0) is 21.4. The number of hydrogen-bond acceptors (Lipinski definition) is 4. The summed E-state index contributed by atoms with van der Waals surface area (Å²) in [5, 5.41) is 11.9. The Balaban J connectivity index is 2.07. The zero-order valence-electron chi connectivity index (χ0n) is 17.5. The summed E-state index contributed by atoms with van der Waals surface area (Å²) in [5.74, 6) is -0.934. The summed E-state index contributed by atoms with van der Waals surface area (Å²) >= 11 is 0. The monoisotopic (exact) mass is 404 g/mol. The molecule has 1 aromatic rings. The van der Waals surface area contributed by atoms with Gasteiger partial charge in [0.25, 0.3) is 0 Å². The van der Waals surface area contributed by atoms with E-state index in [0.29, 0.717) is 38.8 Å². The van der Waals surface area contributed by atoms with Gasteiger partial charge in [-0.25, -0.2) is 9.59 Å². The molecule has 2 N–H and O–H groups in total. The number of carboxylic acid groups (broad SMARTS) is 1. The number of carbonyl (C=O) groups excluding carboxylic acids is 2. The third kappa shape index (κ3) is 7.07. The van der Waals surface area contributed by atoms with Gasteiger partial charge in [-0.3, -0.25) is 4.79 Å². The van der Waals surface area contributed by atoms with Crippen molar-refractivity contribution in [2.75, 3.05) is 13.1 Å². The number of aliphatic carboxylic acids is 1. The molecule has 1 saturated heterocycles. The summed E-state index contributed by atoms with van der Waals surface area (Å²) in [4.78, 5) is 37.4. The minimum absolute atomic E-state index is 0.00832. The summed E-state index contributed by atoms with van der Waals surface area (Å²) in [6, 6.07) is 8.97. The molecule has 1 atom stereocenters. The fraction of sp³-hybridized carbons (Fsp3) is 0.591. The molecule has 160 valence electrons. The van der Waals surface area contributed by atoms with Crippen molar-refractivity contribution >= 4 is 18.0 Å². The van der Waals surface area contributed by atoms with Crippen LogP contribution in [0.25, 0.3) is 0 Å². The van der Waals surface area contributed by atoms with E-state index in [4.69, 9.17) is 4.74 Å². The van der Waals surface area contributed by atoms with Crippen LogP contribution in [0.3, 0.4) is 0 Å². The van der Waals surface area contributed by atoms with Crippen molar-refractivity contribution in [3.05, 3.63) is 35.9 Å². The van der Waals surface area contributed by atoms with E-state index >= 15 is 0 Å². The predicted molar refractivity (Wildman–Crippen MR) is 109 cm³/mol. The number of carboxylic acids is 1. The number of amides is 2. The lowest BCUT2D eigenvalue weighted by atomic mass is 9.85. The standard InChI is InChI=1S/C22H32N2O5/c1-16(2)15-19(20(26)27)23-21(28)29-22(10-9-18-7-5-4-6-8-18)11-13-24(14-12-22)17(3)25/h4-8,16,19H,9-15H2,1-3H3,(H,23,28)(H,26,27)/t19-/m0/s1. The Morgan fingerprint density at radius 2 is 1.79 bits per heavy atom. The predicted octanol–water partition coefficient (Wildman–Crippen LogP) is 3.23. The molecule has 0 saturated carbocycles. The molecule has 1 heterocycles. The normalized spacial score (nSPS) is 16.9. The molecule has 0 spiro atoms. The molecule has 7 heteroatoms. The molecule has 0 unspecified atom stereocenters. The van der Waals surface area contributed by atoms with E-state index in [2.05, 4.69) is 5.32 Å². The van der Waals surface area contributed by atoms with Gasteiger partial charge in [0.2, 0.25) is 5.91 Å². The molecule has 0 radical (unpaired) electrons. The van der Waals surface area contributed by atoms with Crippen LogP contribution in [-0.2, 0) is 20.7 Å². The highest BCUT2D eigenvalue weighted by Gasteiger charge is 2.39. The fourth-order valence-corrected chi connectivity index (χ4v) is 3.71. The van der Waals surface area contributed by atoms with Crippen LogP contribution in [-0.4, -0.2) is 52.7 Å². The van der Waals surface area contributed by atoms with Gasteiger partial charge in [0, 0.05) is 32.9 Å². The molecule has 1 aliphatic rings. The van der Waals surface area contributed by atoms with Gasteiger partial charge in [-0.2, -0.15) is 0 Å². The maximum absolute atomic E-state index is 12.6. The quantitative estimate of drug-likeness (QED) is 0.693. The second kappa shape index (κ2) is 10.3. The highest BCUT2D eigenvalue weighted by Crippen LogP contribution is 2.32. The van der Waals surface area contributed by atoms with Gasteiger partial charge in [-0.05, 0) is 30.7 Å². The Labute approximate surface area is 172 Å². The number of aryl methyl sites for hydroxylation is 1. The molecule has 1 aliphatic heterocycles. The Morgan fingerprint density at radius 1 is 1.17 bits per heavy atom. The topological polar surface area (TPSA) is 95.9 Å². The minimum Gasteiger partial charge on any atom is -0.480 e. The lowest BCUT2D eigenvalue weighted by Crippen LogP contribution is -2.51. The van der Waals surface area contributed by atoms with Crippen molar-refractivity contribution in [2.24, 2.45) is 5.92 Å². The number of likely N-dealkylation sites (tertiary alicyclic amines) is 1. The van der Waals surface area contributed by atoms with Gasteiger partial charge in [0.15, 0.2) is 0 Å². The smallest absolute Gasteiger partial charge is 0.408 e. The molecular formula is C22H32N2O5. The molecule has 0 aromatic heterocycles. The SMILES string of the molecule is CC(=O)N1CCC(CCc2ccccc2)(OC(=O)N[C@@H](CC(C)C)C(=O)O)CC1. The second-order valence-electron chi connectivity index (χ2n) is 8.23. The maximum Gasteiger partial charge on any atom is 0.408 e. The summed E-state index contributed by atoms with van der Waals surface area (Å²) in [5.41, 5.74) is 0.431.